The van der Waals surface area contributed by atoms with Gasteiger partial charge in [-0.25, -0.2) is 4.68 Å². The smallest absolute Gasteiger partial charge is 0.267 e. The van der Waals surface area contributed by atoms with Crippen LogP contribution in [-0.4, -0.2) is 55.8 Å². The van der Waals surface area contributed by atoms with Gasteiger partial charge < -0.3 is 14.8 Å². The molecular formula is C24H25N7O4. The molecule has 1 fully saturated rings. The Morgan fingerprint density at radius 3 is 2.80 bits per heavy atom. The maximum atomic E-state index is 12.6. The van der Waals surface area contributed by atoms with Crippen LogP contribution in [-0.2, 0) is 4.79 Å². The van der Waals surface area contributed by atoms with Gasteiger partial charge in [-0.3, -0.25) is 9.59 Å². The van der Waals surface area contributed by atoms with E-state index in [1.165, 1.54) is 10.7 Å². The van der Waals surface area contributed by atoms with Crippen molar-refractivity contribution in [2.75, 3.05) is 20.3 Å². The van der Waals surface area contributed by atoms with E-state index in [2.05, 4.69) is 25.7 Å². The molecule has 11 heteroatoms. The second kappa shape index (κ2) is 9.53. The normalized spacial score (nSPS) is 14.0. The highest BCUT2D eigenvalue weighted by molar-refractivity contribution is 5.79. The van der Waals surface area contributed by atoms with Crippen molar-refractivity contribution in [3.8, 4) is 23.0 Å². The quantitative estimate of drug-likeness (QED) is 0.364. The number of carbonyl (C=O) groups is 1. The molecule has 35 heavy (non-hydrogen) atoms. The van der Waals surface area contributed by atoms with Gasteiger partial charge in [0, 0.05) is 23.6 Å². The minimum absolute atomic E-state index is 0.192. The summed E-state index contributed by atoms with van der Waals surface area (Å²) in [5.41, 5.74) is 1.93. The predicted molar refractivity (Wildman–Crippen MR) is 126 cm³/mol. The van der Waals surface area contributed by atoms with Gasteiger partial charge in [-0.2, -0.15) is 9.61 Å². The van der Waals surface area contributed by atoms with Crippen molar-refractivity contribution in [1.82, 2.24) is 34.9 Å². The fraction of sp³-hybridized carbons (Fsp3) is 0.333. The molecule has 0 radical (unpaired) electrons. The van der Waals surface area contributed by atoms with Gasteiger partial charge in [-0.15, -0.1) is 15.3 Å². The number of rotatable bonds is 9. The van der Waals surface area contributed by atoms with E-state index >= 15 is 0 Å². The number of benzene rings is 1. The molecule has 4 aromatic rings. The number of carbonyl (C=O) groups excluding carboxylic acids is 1. The average molecular weight is 476 g/mol. The van der Waals surface area contributed by atoms with Gasteiger partial charge in [-0.1, -0.05) is 12.1 Å². The molecule has 1 unspecified atom stereocenters. The lowest BCUT2D eigenvalue weighted by Crippen LogP contribution is -2.38. The molecule has 1 atom stereocenters. The second-order valence-corrected chi connectivity index (χ2v) is 8.33. The Morgan fingerprint density at radius 1 is 1.14 bits per heavy atom. The zero-order valence-corrected chi connectivity index (χ0v) is 19.4. The number of ether oxygens (including phenoxy) is 2. The minimum Gasteiger partial charge on any atom is -0.497 e. The van der Waals surface area contributed by atoms with Crippen molar-refractivity contribution in [2.45, 2.75) is 31.7 Å². The largest absolute Gasteiger partial charge is 0.497 e. The molecule has 1 amide bonds. The summed E-state index contributed by atoms with van der Waals surface area (Å²) >= 11 is 0. The molecule has 1 N–H and O–H groups in total. The molecule has 180 valence electrons. The van der Waals surface area contributed by atoms with Crippen LogP contribution in [0.15, 0.2) is 53.3 Å². The number of methoxy groups -OCH3 is 1. The highest BCUT2D eigenvalue weighted by Crippen LogP contribution is 2.38. The van der Waals surface area contributed by atoms with Crippen LogP contribution in [0.25, 0.3) is 17.0 Å². The number of hydrogen-bond donors (Lipinski definition) is 1. The Bertz CT molecular complexity index is 1430. The van der Waals surface area contributed by atoms with E-state index in [0.717, 1.165) is 24.1 Å². The standard InChI is InChI=1S/C24H25N7O4/c1-15(30-22(32)11-8-19(28-30)16-6-7-16)24(33)25-12-13-35-21-10-9-20-26-27-23(31(20)29-21)17-4-3-5-18(14-17)34-2/h3-5,8-11,14-16H,6-7,12-13H2,1-2H3,(H,25,33). The second-order valence-electron chi connectivity index (χ2n) is 8.33. The van der Waals surface area contributed by atoms with Gasteiger partial charge in [-0.05, 0) is 44.0 Å². The van der Waals surface area contributed by atoms with Crippen LogP contribution in [0.4, 0.5) is 0 Å². The molecule has 3 aromatic heterocycles. The van der Waals surface area contributed by atoms with Gasteiger partial charge >= 0.3 is 0 Å². The lowest BCUT2D eigenvalue weighted by molar-refractivity contribution is -0.124. The third kappa shape index (κ3) is 4.84. The van der Waals surface area contributed by atoms with Gasteiger partial charge in [0.1, 0.15) is 18.4 Å². The number of amides is 1. The number of fused-ring (bicyclic) bond motifs is 1. The summed E-state index contributed by atoms with van der Waals surface area (Å²) in [6.45, 7) is 2.09. The summed E-state index contributed by atoms with van der Waals surface area (Å²) in [7, 11) is 1.60. The lowest BCUT2D eigenvalue weighted by Gasteiger charge is -2.15. The SMILES string of the molecule is COc1cccc(-c2nnc3ccc(OCCNC(=O)C(C)n4nc(C5CC5)ccc4=O)nn23)c1. The van der Waals surface area contributed by atoms with Gasteiger partial charge in [0.15, 0.2) is 11.5 Å². The van der Waals surface area contributed by atoms with Crippen molar-refractivity contribution in [2.24, 2.45) is 0 Å². The van der Waals surface area contributed by atoms with Crippen molar-refractivity contribution in [1.29, 1.82) is 0 Å². The highest BCUT2D eigenvalue weighted by atomic mass is 16.5. The number of nitrogens with one attached hydrogen (secondary N) is 1. The average Bonchev–Trinajstić information content (AvgIpc) is 3.65. The predicted octanol–water partition coefficient (Wildman–Crippen LogP) is 1.99. The molecule has 1 saturated carbocycles. The first-order valence-electron chi connectivity index (χ1n) is 11.4. The molecule has 0 spiro atoms. The first kappa shape index (κ1) is 22.5. The summed E-state index contributed by atoms with van der Waals surface area (Å²) in [6.07, 6.45) is 2.14. The van der Waals surface area contributed by atoms with Crippen LogP contribution < -0.4 is 20.3 Å². The third-order valence-electron chi connectivity index (χ3n) is 5.81. The topological polar surface area (TPSA) is 126 Å². The van der Waals surface area contributed by atoms with Crippen molar-refractivity contribution >= 4 is 11.6 Å². The first-order chi connectivity index (χ1) is 17.0. The summed E-state index contributed by atoms with van der Waals surface area (Å²) in [5.74, 6) is 1.70. The zero-order valence-electron chi connectivity index (χ0n) is 19.4. The van der Waals surface area contributed by atoms with Gasteiger partial charge in [0.25, 0.3) is 5.56 Å². The molecule has 1 aliphatic carbocycles. The molecule has 0 aliphatic heterocycles. The van der Waals surface area contributed by atoms with Gasteiger partial charge in [0.2, 0.25) is 11.8 Å². The molecule has 0 bridgehead atoms. The molecule has 1 aliphatic rings. The van der Waals surface area contributed by atoms with Crippen LogP contribution in [0.2, 0.25) is 0 Å². The van der Waals surface area contributed by atoms with Crippen molar-refractivity contribution in [3.05, 3.63) is 64.6 Å². The number of aromatic nitrogens is 6. The minimum atomic E-state index is -0.724. The van der Waals surface area contributed by atoms with Crippen LogP contribution in [0.5, 0.6) is 11.6 Å². The fourth-order valence-corrected chi connectivity index (χ4v) is 3.69. The van der Waals surface area contributed by atoms with Crippen LogP contribution >= 0.6 is 0 Å². The summed E-state index contributed by atoms with van der Waals surface area (Å²) in [5, 5.41) is 20.0. The van der Waals surface area contributed by atoms with Crippen molar-refractivity contribution < 1.29 is 14.3 Å². The van der Waals surface area contributed by atoms with E-state index in [9.17, 15) is 9.59 Å². The van der Waals surface area contributed by atoms with Gasteiger partial charge in [0.05, 0.1) is 19.3 Å². The lowest BCUT2D eigenvalue weighted by atomic mass is 10.2. The highest BCUT2D eigenvalue weighted by Gasteiger charge is 2.27. The Hall–Kier alpha value is -4.28. The van der Waals surface area contributed by atoms with E-state index in [1.807, 2.05) is 24.3 Å². The maximum absolute atomic E-state index is 12.6. The third-order valence-corrected chi connectivity index (χ3v) is 5.81. The maximum Gasteiger partial charge on any atom is 0.267 e. The Kier molecular flexibility index (Phi) is 6.13. The van der Waals surface area contributed by atoms with Crippen molar-refractivity contribution in [3.63, 3.8) is 0 Å². The van der Waals surface area contributed by atoms with E-state index in [4.69, 9.17) is 9.47 Å². The van der Waals surface area contributed by atoms with E-state index < -0.39 is 6.04 Å². The summed E-state index contributed by atoms with van der Waals surface area (Å²) in [6, 6.07) is 13.4. The monoisotopic (exact) mass is 475 g/mol. The Morgan fingerprint density at radius 2 is 2.00 bits per heavy atom. The molecule has 1 aromatic carbocycles. The summed E-state index contributed by atoms with van der Waals surface area (Å²) < 4.78 is 13.8. The zero-order chi connectivity index (χ0) is 24.4. The first-order valence-corrected chi connectivity index (χ1v) is 11.4. The van der Waals surface area contributed by atoms with Crippen LogP contribution in [0.3, 0.4) is 0 Å². The van der Waals surface area contributed by atoms with E-state index in [-0.39, 0.29) is 24.6 Å². The Balaban J connectivity index is 1.20. The van der Waals surface area contributed by atoms with E-state index in [1.54, 1.807) is 36.7 Å². The number of hydrogen-bond acceptors (Lipinski definition) is 8. The van der Waals surface area contributed by atoms with Crippen LogP contribution in [0.1, 0.15) is 37.4 Å². The number of nitrogens with zero attached hydrogens (tertiary/aromatic N) is 6. The molecule has 11 nitrogen and oxygen atoms in total. The Labute approximate surface area is 200 Å². The molecular weight excluding hydrogens is 450 g/mol. The fourth-order valence-electron chi connectivity index (χ4n) is 3.69. The molecule has 0 saturated heterocycles. The summed E-state index contributed by atoms with van der Waals surface area (Å²) in [4.78, 5) is 24.8. The van der Waals surface area contributed by atoms with Crippen LogP contribution in [0, 0.1) is 0 Å². The molecule has 3 heterocycles. The molecule has 5 rings (SSSR count). The van der Waals surface area contributed by atoms with E-state index in [0.29, 0.717) is 29.0 Å².